The highest BCUT2D eigenvalue weighted by Crippen LogP contribution is 2.44. The van der Waals surface area contributed by atoms with Gasteiger partial charge in [-0.15, -0.1) is 0 Å². The smallest absolute Gasteiger partial charge is 0.407 e. The summed E-state index contributed by atoms with van der Waals surface area (Å²) in [5, 5.41) is 12.2. The van der Waals surface area contributed by atoms with Gasteiger partial charge in [-0.2, -0.15) is 0 Å². The molecule has 7 heteroatoms. The Morgan fingerprint density at radius 2 is 1.68 bits per heavy atom. The summed E-state index contributed by atoms with van der Waals surface area (Å²) < 4.78 is 5.64. The minimum Gasteiger partial charge on any atom is -0.481 e. The number of nitrogens with one attached hydrogen (secondary N) is 1. The van der Waals surface area contributed by atoms with E-state index in [2.05, 4.69) is 29.6 Å². The van der Waals surface area contributed by atoms with Gasteiger partial charge in [-0.1, -0.05) is 62.4 Å². The van der Waals surface area contributed by atoms with Gasteiger partial charge < -0.3 is 20.1 Å². The van der Waals surface area contributed by atoms with E-state index in [-0.39, 0.29) is 37.3 Å². The number of carboxylic acids is 1. The highest BCUT2D eigenvalue weighted by atomic mass is 16.5. The molecule has 2 atom stereocenters. The second-order valence-electron chi connectivity index (χ2n) is 9.54. The minimum atomic E-state index is -0.866. The van der Waals surface area contributed by atoms with Crippen LogP contribution in [0.2, 0.25) is 0 Å². The lowest BCUT2D eigenvalue weighted by Crippen LogP contribution is -2.47. The molecular formula is C27H32N2O5. The number of carboxylic acid groups (broad SMARTS) is 1. The molecule has 1 aliphatic carbocycles. The van der Waals surface area contributed by atoms with E-state index in [1.54, 1.807) is 4.90 Å². The summed E-state index contributed by atoms with van der Waals surface area (Å²) in [5.74, 6) is -1.54. The molecule has 2 amide bonds. The fourth-order valence-electron chi connectivity index (χ4n) is 4.97. The second kappa shape index (κ2) is 10.3. The molecule has 1 heterocycles. The van der Waals surface area contributed by atoms with Crippen LogP contribution in [-0.4, -0.2) is 53.7 Å². The number of piperidine rings is 1. The van der Waals surface area contributed by atoms with Crippen LogP contribution in [0, 0.1) is 11.8 Å². The summed E-state index contributed by atoms with van der Waals surface area (Å²) in [4.78, 5) is 38.5. The fraction of sp³-hybridized carbons (Fsp3) is 0.444. The molecule has 0 bridgehead atoms. The van der Waals surface area contributed by atoms with Gasteiger partial charge in [-0.3, -0.25) is 9.59 Å². The highest BCUT2D eigenvalue weighted by Gasteiger charge is 2.32. The van der Waals surface area contributed by atoms with Crippen LogP contribution in [0.5, 0.6) is 0 Å². The molecule has 2 aliphatic rings. The number of benzene rings is 2. The molecule has 1 saturated heterocycles. The zero-order valence-electron chi connectivity index (χ0n) is 19.7. The molecule has 0 saturated carbocycles. The molecule has 7 nitrogen and oxygen atoms in total. The number of rotatable bonds is 7. The Morgan fingerprint density at radius 1 is 1.06 bits per heavy atom. The van der Waals surface area contributed by atoms with E-state index in [4.69, 9.17) is 4.74 Å². The maximum atomic E-state index is 12.8. The van der Waals surface area contributed by atoms with E-state index < -0.39 is 24.0 Å². The van der Waals surface area contributed by atoms with Crippen molar-refractivity contribution >= 4 is 18.0 Å². The molecule has 4 rings (SSSR count). The van der Waals surface area contributed by atoms with Gasteiger partial charge in [0.15, 0.2) is 0 Å². The highest BCUT2D eigenvalue weighted by molar-refractivity contribution is 5.80. The molecule has 2 N–H and O–H groups in total. The largest absolute Gasteiger partial charge is 0.481 e. The maximum absolute atomic E-state index is 12.8. The molecule has 0 spiro atoms. The van der Waals surface area contributed by atoms with Crippen molar-refractivity contribution in [3.63, 3.8) is 0 Å². The van der Waals surface area contributed by atoms with Gasteiger partial charge in [-0.25, -0.2) is 4.79 Å². The van der Waals surface area contributed by atoms with Gasteiger partial charge >= 0.3 is 12.1 Å². The standard InChI is InChI=1S/C27H32N2O5/c1-17(2)24(14-25(30)29-13-7-8-18(15-29)26(31)32)28-27(33)34-16-23-21-11-5-3-9-19(21)20-10-4-6-12-22(20)23/h3-6,9-12,17-18,23-24H,7-8,13-16H2,1-2H3,(H,28,33)(H,31,32)/t18-,24?/m0/s1. The number of likely N-dealkylation sites (tertiary alicyclic amines) is 1. The van der Waals surface area contributed by atoms with E-state index in [1.807, 2.05) is 38.1 Å². The normalized spacial score (nSPS) is 18.2. The number of hydrogen-bond acceptors (Lipinski definition) is 4. The van der Waals surface area contributed by atoms with Gasteiger partial charge in [-0.05, 0) is 41.0 Å². The van der Waals surface area contributed by atoms with E-state index in [1.165, 1.54) is 11.1 Å². The average Bonchev–Trinajstić information content (AvgIpc) is 3.16. The third kappa shape index (κ3) is 5.08. The van der Waals surface area contributed by atoms with Crippen LogP contribution < -0.4 is 5.32 Å². The van der Waals surface area contributed by atoms with E-state index >= 15 is 0 Å². The predicted molar refractivity (Wildman–Crippen MR) is 128 cm³/mol. The number of amides is 2. The van der Waals surface area contributed by atoms with Crippen LogP contribution in [0.4, 0.5) is 4.79 Å². The predicted octanol–water partition coefficient (Wildman–Crippen LogP) is 4.26. The van der Waals surface area contributed by atoms with Crippen molar-refractivity contribution in [2.24, 2.45) is 11.8 Å². The van der Waals surface area contributed by atoms with Crippen LogP contribution in [0.3, 0.4) is 0 Å². The van der Waals surface area contributed by atoms with Crippen LogP contribution in [0.15, 0.2) is 48.5 Å². The molecule has 0 aromatic heterocycles. The Balaban J connectivity index is 1.36. The fourth-order valence-corrected chi connectivity index (χ4v) is 4.97. The molecule has 34 heavy (non-hydrogen) atoms. The van der Waals surface area contributed by atoms with Crippen molar-refractivity contribution < 1.29 is 24.2 Å². The number of aliphatic carboxylic acids is 1. The van der Waals surface area contributed by atoms with Crippen LogP contribution in [0.1, 0.15) is 50.2 Å². The molecule has 1 aliphatic heterocycles. The van der Waals surface area contributed by atoms with Gasteiger partial charge in [0.1, 0.15) is 6.61 Å². The molecular weight excluding hydrogens is 432 g/mol. The molecule has 1 fully saturated rings. The molecule has 180 valence electrons. The van der Waals surface area contributed by atoms with Crippen molar-refractivity contribution in [1.82, 2.24) is 10.2 Å². The third-order valence-corrected chi connectivity index (χ3v) is 6.97. The lowest BCUT2D eigenvalue weighted by atomic mass is 9.96. The van der Waals surface area contributed by atoms with Gasteiger partial charge in [0.25, 0.3) is 0 Å². The zero-order chi connectivity index (χ0) is 24.2. The molecule has 1 unspecified atom stereocenters. The van der Waals surface area contributed by atoms with E-state index in [9.17, 15) is 19.5 Å². The Bertz CT molecular complexity index is 1020. The molecule has 0 radical (unpaired) electrons. The first-order valence-electron chi connectivity index (χ1n) is 12.0. The summed E-state index contributed by atoms with van der Waals surface area (Å²) >= 11 is 0. The van der Waals surface area contributed by atoms with E-state index in [0.29, 0.717) is 19.4 Å². The van der Waals surface area contributed by atoms with Crippen molar-refractivity contribution in [3.8, 4) is 11.1 Å². The quantitative estimate of drug-likeness (QED) is 0.638. The van der Waals surface area contributed by atoms with Crippen LogP contribution in [-0.2, 0) is 14.3 Å². The van der Waals surface area contributed by atoms with Crippen molar-refractivity contribution in [1.29, 1.82) is 0 Å². The number of carbonyl (C=O) groups is 3. The zero-order valence-corrected chi connectivity index (χ0v) is 19.7. The van der Waals surface area contributed by atoms with Crippen molar-refractivity contribution in [2.75, 3.05) is 19.7 Å². The number of fused-ring (bicyclic) bond motifs is 3. The monoisotopic (exact) mass is 464 g/mol. The van der Waals surface area contributed by atoms with Crippen molar-refractivity contribution in [2.45, 2.75) is 45.1 Å². The number of ether oxygens (including phenoxy) is 1. The van der Waals surface area contributed by atoms with Gasteiger partial charge in [0, 0.05) is 31.5 Å². The Labute approximate surface area is 200 Å². The third-order valence-electron chi connectivity index (χ3n) is 6.97. The van der Waals surface area contributed by atoms with Gasteiger partial charge in [0.2, 0.25) is 5.91 Å². The average molecular weight is 465 g/mol. The Hall–Kier alpha value is -3.35. The topological polar surface area (TPSA) is 95.9 Å². The number of alkyl carbamates (subject to hydrolysis) is 1. The van der Waals surface area contributed by atoms with Crippen LogP contribution >= 0.6 is 0 Å². The lowest BCUT2D eigenvalue weighted by Gasteiger charge is -2.32. The summed E-state index contributed by atoms with van der Waals surface area (Å²) in [7, 11) is 0. The second-order valence-corrected chi connectivity index (χ2v) is 9.54. The number of carbonyl (C=O) groups excluding carboxylic acids is 2. The summed E-state index contributed by atoms with van der Waals surface area (Å²) in [6, 6.07) is 15.9. The van der Waals surface area contributed by atoms with Crippen LogP contribution in [0.25, 0.3) is 11.1 Å². The number of nitrogens with zero attached hydrogens (tertiary/aromatic N) is 1. The Morgan fingerprint density at radius 3 is 2.26 bits per heavy atom. The SMILES string of the molecule is CC(C)C(CC(=O)N1CCC[C@H](C(=O)O)C1)NC(=O)OCC1c2ccccc2-c2ccccc21. The summed E-state index contributed by atoms with van der Waals surface area (Å²) in [6.07, 6.45) is 0.837. The first-order valence-corrected chi connectivity index (χ1v) is 12.0. The van der Waals surface area contributed by atoms with Gasteiger partial charge in [0.05, 0.1) is 5.92 Å². The number of hydrogen-bond donors (Lipinski definition) is 2. The maximum Gasteiger partial charge on any atom is 0.407 e. The Kier molecular flexibility index (Phi) is 7.20. The van der Waals surface area contributed by atoms with Crippen molar-refractivity contribution in [3.05, 3.63) is 59.7 Å². The summed E-state index contributed by atoms with van der Waals surface area (Å²) in [5.41, 5.74) is 4.62. The summed E-state index contributed by atoms with van der Waals surface area (Å²) in [6.45, 7) is 4.88. The first-order chi connectivity index (χ1) is 16.3. The van der Waals surface area contributed by atoms with E-state index in [0.717, 1.165) is 11.1 Å². The molecule has 2 aromatic rings. The lowest BCUT2D eigenvalue weighted by molar-refractivity contribution is -0.145. The minimum absolute atomic E-state index is 0.0180. The first kappa shape index (κ1) is 23.8. The molecule has 2 aromatic carbocycles.